The minimum Gasteiger partial charge on any atom is -0.444 e. The van der Waals surface area contributed by atoms with Gasteiger partial charge < -0.3 is 24.5 Å². The van der Waals surface area contributed by atoms with Gasteiger partial charge in [-0.2, -0.15) is 4.98 Å². The highest BCUT2D eigenvalue weighted by Gasteiger charge is 2.30. The third kappa shape index (κ3) is 4.40. The Labute approximate surface area is 219 Å². The van der Waals surface area contributed by atoms with E-state index in [-0.39, 0.29) is 29.4 Å². The molecule has 1 amide bonds. The average Bonchev–Trinajstić information content (AvgIpc) is 3.54. The van der Waals surface area contributed by atoms with E-state index in [1.165, 1.54) is 13.0 Å². The molecule has 1 saturated carbocycles. The first-order valence-corrected chi connectivity index (χ1v) is 13.2. The number of hydrogen-bond acceptors (Lipinski definition) is 5. The van der Waals surface area contributed by atoms with Crippen LogP contribution >= 0.6 is 0 Å². The fraction of sp³-hybridized carbons (Fsp3) is 0.464. The van der Waals surface area contributed by atoms with Gasteiger partial charge in [-0.15, -0.1) is 0 Å². The van der Waals surface area contributed by atoms with Gasteiger partial charge in [0, 0.05) is 56.2 Å². The molecule has 6 rings (SSSR count). The highest BCUT2D eigenvalue weighted by molar-refractivity contribution is 5.98. The van der Waals surface area contributed by atoms with Crippen molar-refractivity contribution in [3.05, 3.63) is 41.7 Å². The maximum atomic E-state index is 15.5. The van der Waals surface area contributed by atoms with Gasteiger partial charge in [0.25, 0.3) is 5.91 Å². The van der Waals surface area contributed by atoms with Crippen LogP contribution in [0.1, 0.15) is 49.9 Å². The summed E-state index contributed by atoms with van der Waals surface area (Å²) in [4.78, 5) is 24.5. The molecule has 0 radical (unpaired) electrons. The van der Waals surface area contributed by atoms with E-state index in [1.54, 1.807) is 28.6 Å². The third-order valence-corrected chi connectivity index (χ3v) is 7.72. The van der Waals surface area contributed by atoms with Crippen molar-refractivity contribution in [2.24, 2.45) is 18.7 Å². The number of imidazole rings is 1. The van der Waals surface area contributed by atoms with Crippen molar-refractivity contribution in [3.8, 4) is 17.4 Å². The second-order valence-corrected chi connectivity index (χ2v) is 10.8. The summed E-state index contributed by atoms with van der Waals surface area (Å²) in [5.41, 5.74) is 8.57. The summed E-state index contributed by atoms with van der Waals surface area (Å²) in [6, 6.07) is 8.38. The van der Waals surface area contributed by atoms with E-state index in [0.29, 0.717) is 35.0 Å². The first-order valence-electron chi connectivity index (χ1n) is 13.2. The van der Waals surface area contributed by atoms with Gasteiger partial charge in [-0.25, -0.2) is 13.8 Å². The van der Waals surface area contributed by atoms with Crippen molar-refractivity contribution in [1.29, 1.82) is 0 Å². The minimum atomic E-state index is -1.48. The molecule has 0 spiro atoms. The number of rotatable bonds is 6. The predicted octanol–water partition coefficient (Wildman–Crippen LogP) is 4.79. The first kappa shape index (κ1) is 24.8. The summed E-state index contributed by atoms with van der Waals surface area (Å²) in [5.74, 6) is 0.556. The lowest BCUT2D eigenvalue weighted by atomic mass is 9.99. The van der Waals surface area contributed by atoms with Crippen LogP contribution in [0.2, 0.25) is 0 Å². The zero-order valence-electron chi connectivity index (χ0n) is 21.8. The molecule has 2 fully saturated rings. The number of amides is 1. The van der Waals surface area contributed by atoms with Crippen molar-refractivity contribution in [1.82, 2.24) is 24.0 Å². The summed E-state index contributed by atoms with van der Waals surface area (Å²) in [6.07, 6.45) is 2.46. The molecule has 10 heteroatoms. The Morgan fingerprint density at radius 3 is 2.71 bits per heavy atom. The van der Waals surface area contributed by atoms with Gasteiger partial charge in [0.15, 0.2) is 5.82 Å². The second kappa shape index (κ2) is 9.34. The standard InChI is InChI=1S/C28H32F2N6O2/c1-15-4-8-20(31)14-35(15)28(37)19-10-21(30)25-22(11-19)32-27(34(25)3)23-12-18-7-9-24(38-16(2)29)33-26(18)36(23)13-17-5-6-17/h7,9-12,15-17,20H,4-6,8,13-14,31H2,1-3H3/t15-,16?,20+/m0/s1. The highest BCUT2D eigenvalue weighted by Crippen LogP contribution is 2.37. The molecule has 4 heterocycles. The molecule has 200 valence electrons. The Morgan fingerprint density at radius 1 is 1.18 bits per heavy atom. The fourth-order valence-electron chi connectivity index (χ4n) is 5.50. The number of benzene rings is 1. The quantitative estimate of drug-likeness (QED) is 0.393. The Kier molecular flexibility index (Phi) is 6.09. The number of pyridine rings is 1. The lowest BCUT2D eigenvalue weighted by molar-refractivity contribution is 0.0612. The summed E-state index contributed by atoms with van der Waals surface area (Å²) in [6.45, 7) is 4.49. The number of aromatic nitrogens is 4. The van der Waals surface area contributed by atoms with E-state index in [4.69, 9.17) is 15.5 Å². The molecule has 1 aromatic carbocycles. The van der Waals surface area contributed by atoms with Gasteiger partial charge in [-0.3, -0.25) is 4.79 Å². The van der Waals surface area contributed by atoms with Gasteiger partial charge >= 0.3 is 0 Å². The number of halogens is 2. The van der Waals surface area contributed by atoms with Crippen molar-refractivity contribution < 1.29 is 18.3 Å². The Bertz CT molecular complexity index is 1540. The van der Waals surface area contributed by atoms with E-state index in [1.807, 2.05) is 19.1 Å². The summed E-state index contributed by atoms with van der Waals surface area (Å²) in [5, 5.41) is 0.860. The molecular weight excluding hydrogens is 490 g/mol. The molecular formula is C28H32F2N6O2. The Hall–Kier alpha value is -3.53. The number of ether oxygens (including phenoxy) is 1. The highest BCUT2D eigenvalue weighted by atomic mass is 19.1. The van der Waals surface area contributed by atoms with Crippen LogP contribution in [-0.4, -0.2) is 54.9 Å². The predicted molar refractivity (Wildman–Crippen MR) is 141 cm³/mol. The first-order chi connectivity index (χ1) is 18.2. The molecule has 3 atom stereocenters. The maximum absolute atomic E-state index is 15.5. The van der Waals surface area contributed by atoms with Crippen molar-refractivity contribution in [2.75, 3.05) is 6.54 Å². The van der Waals surface area contributed by atoms with E-state index >= 15 is 4.39 Å². The molecule has 3 aromatic heterocycles. The molecule has 2 N–H and O–H groups in total. The number of fused-ring (bicyclic) bond motifs is 2. The van der Waals surface area contributed by atoms with Crippen molar-refractivity contribution in [2.45, 2.75) is 64.5 Å². The Balaban J connectivity index is 1.44. The van der Waals surface area contributed by atoms with E-state index in [9.17, 15) is 9.18 Å². The zero-order chi connectivity index (χ0) is 26.7. The topological polar surface area (TPSA) is 91.2 Å². The van der Waals surface area contributed by atoms with E-state index in [0.717, 1.165) is 43.3 Å². The van der Waals surface area contributed by atoms with Gasteiger partial charge in [0.2, 0.25) is 12.2 Å². The number of likely N-dealkylation sites (tertiary alicyclic amines) is 1. The second-order valence-electron chi connectivity index (χ2n) is 10.8. The number of carbonyl (C=O) groups is 1. The van der Waals surface area contributed by atoms with Crippen LogP contribution in [0.15, 0.2) is 30.3 Å². The summed E-state index contributed by atoms with van der Waals surface area (Å²) < 4.78 is 38.0. The molecule has 4 aromatic rings. The molecule has 1 unspecified atom stereocenters. The maximum Gasteiger partial charge on any atom is 0.254 e. The molecule has 1 aliphatic carbocycles. The van der Waals surface area contributed by atoms with Crippen LogP contribution in [0.4, 0.5) is 8.78 Å². The van der Waals surface area contributed by atoms with Crippen LogP contribution in [-0.2, 0) is 13.6 Å². The van der Waals surface area contributed by atoms with Gasteiger partial charge in [-0.1, -0.05) is 0 Å². The van der Waals surface area contributed by atoms with Gasteiger partial charge in [0.1, 0.15) is 17.0 Å². The van der Waals surface area contributed by atoms with Crippen LogP contribution < -0.4 is 10.5 Å². The lowest BCUT2D eigenvalue weighted by Crippen LogP contribution is -2.50. The summed E-state index contributed by atoms with van der Waals surface area (Å²) >= 11 is 0. The molecule has 38 heavy (non-hydrogen) atoms. The van der Waals surface area contributed by atoms with E-state index < -0.39 is 12.2 Å². The van der Waals surface area contributed by atoms with Gasteiger partial charge in [0.05, 0.1) is 11.2 Å². The SMILES string of the molecule is CC(F)Oc1ccc2cc(-c3nc4cc(C(=O)N5C[C@H](N)CC[C@@H]5C)cc(F)c4n3C)n(CC3CC3)c2n1. The normalized spacial score (nSPS) is 20.8. The van der Waals surface area contributed by atoms with Crippen LogP contribution in [0.25, 0.3) is 33.6 Å². The molecule has 8 nitrogen and oxygen atoms in total. The van der Waals surface area contributed by atoms with Crippen LogP contribution in [0, 0.1) is 11.7 Å². The largest absolute Gasteiger partial charge is 0.444 e. The van der Waals surface area contributed by atoms with Crippen molar-refractivity contribution in [3.63, 3.8) is 0 Å². The number of nitrogens with zero attached hydrogens (tertiary/aromatic N) is 5. The smallest absolute Gasteiger partial charge is 0.254 e. The zero-order valence-corrected chi connectivity index (χ0v) is 21.8. The number of aryl methyl sites for hydroxylation is 1. The lowest BCUT2D eigenvalue weighted by Gasteiger charge is -2.36. The third-order valence-electron chi connectivity index (χ3n) is 7.72. The average molecular weight is 523 g/mol. The van der Waals surface area contributed by atoms with Gasteiger partial charge in [-0.05, 0) is 62.8 Å². The summed E-state index contributed by atoms with van der Waals surface area (Å²) in [7, 11) is 1.77. The molecule has 1 aliphatic heterocycles. The minimum absolute atomic E-state index is 0.0419. The van der Waals surface area contributed by atoms with Crippen LogP contribution in [0.3, 0.4) is 0 Å². The monoisotopic (exact) mass is 522 g/mol. The molecule has 0 bridgehead atoms. The molecule has 1 saturated heterocycles. The molecule has 2 aliphatic rings. The number of alkyl halides is 1. The number of carbonyl (C=O) groups excluding carboxylic acids is 1. The van der Waals surface area contributed by atoms with Crippen molar-refractivity contribution >= 4 is 28.0 Å². The number of hydrogen-bond donors (Lipinski definition) is 1. The fourth-order valence-corrected chi connectivity index (χ4v) is 5.50. The number of piperidine rings is 1. The van der Waals surface area contributed by atoms with Crippen LogP contribution in [0.5, 0.6) is 5.88 Å². The Morgan fingerprint density at radius 2 is 1.97 bits per heavy atom. The van der Waals surface area contributed by atoms with E-state index in [2.05, 4.69) is 9.55 Å². The number of nitrogens with two attached hydrogens (primary N) is 1.